The third-order valence-electron chi connectivity index (χ3n) is 13.1. The third kappa shape index (κ3) is 51.3. The molecule has 0 aliphatic heterocycles. The van der Waals surface area contributed by atoms with Gasteiger partial charge in [0.25, 0.3) is 0 Å². The maximum atomic E-state index is 12.8. The molecule has 6 heteroatoms. The molecule has 374 valence electrons. The van der Waals surface area contributed by atoms with Gasteiger partial charge in [0.2, 0.25) is 0 Å². The largest absolute Gasteiger partial charge is 0.462 e. The molecule has 0 fully saturated rings. The van der Waals surface area contributed by atoms with Crippen LogP contribution in [0.15, 0.2) is 0 Å². The van der Waals surface area contributed by atoms with Crippen LogP contribution in [0.2, 0.25) is 0 Å². The molecule has 0 aliphatic rings. The van der Waals surface area contributed by atoms with Gasteiger partial charge in [-0.1, -0.05) is 290 Å². The Morgan fingerprint density at radius 3 is 0.635 bits per heavy atom. The molecule has 0 rings (SSSR count). The van der Waals surface area contributed by atoms with Crippen LogP contribution in [0.5, 0.6) is 0 Å². The lowest BCUT2D eigenvalue weighted by Crippen LogP contribution is -2.30. The number of esters is 3. The van der Waals surface area contributed by atoms with Gasteiger partial charge in [-0.15, -0.1) is 0 Å². The first-order valence-electron chi connectivity index (χ1n) is 28.5. The van der Waals surface area contributed by atoms with Gasteiger partial charge in [0.05, 0.1) is 0 Å². The van der Waals surface area contributed by atoms with E-state index in [1.165, 1.54) is 231 Å². The zero-order valence-electron chi connectivity index (χ0n) is 42.9. The second-order valence-corrected chi connectivity index (χ2v) is 19.6. The van der Waals surface area contributed by atoms with Crippen molar-refractivity contribution in [1.82, 2.24) is 0 Å². The molecule has 6 nitrogen and oxygen atoms in total. The first-order valence-corrected chi connectivity index (χ1v) is 28.5. The van der Waals surface area contributed by atoms with Gasteiger partial charge in [-0.05, 0) is 19.3 Å². The van der Waals surface area contributed by atoms with Gasteiger partial charge in [-0.2, -0.15) is 0 Å². The first kappa shape index (κ1) is 61.4. The number of carbonyl (C=O) groups excluding carboxylic acids is 3. The number of unbranched alkanes of at least 4 members (excludes halogenated alkanes) is 42. The Labute approximate surface area is 393 Å². The number of ether oxygens (including phenoxy) is 3. The molecule has 0 aromatic rings. The fraction of sp³-hybridized carbons (Fsp3) is 0.947. The summed E-state index contributed by atoms with van der Waals surface area (Å²) in [4.78, 5) is 38.1. The smallest absolute Gasteiger partial charge is 0.306 e. The summed E-state index contributed by atoms with van der Waals surface area (Å²) < 4.78 is 16.9. The van der Waals surface area contributed by atoms with Crippen LogP contribution in [0.3, 0.4) is 0 Å². The van der Waals surface area contributed by atoms with Crippen LogP contribution in [0.1, 0.15) is 329 Å². The van der Waals surface area contributed by atoms with Crippen molar-refractivity contribution in [2.24, 2.45) is 0 Å². The lowest BCUT2D eigenvalue weighted by molar-refractivity contribution is -0.167. The summed E-state index contributed by atoms with van der Waals surface area (Å²) in [6.07, 6.45) is 58.0. The molecule has 0 aromatic heterocycles. The zero-order valence-corrected chi connectivity index (χ0v) is 42.9. The van der Waals surface area contributed by atoms with Gasteiger partial charge in [-0.25, -0.2) is 0 Å². The van der Waals surface area contributed by atoms with Crippen molar-refractivity contribution in [1.29, 1.82) is 0 Å². The summed E-state index contributed by atoms with van der Waals surface area (Å²) >= 11 is 0. The van der Waals surface area contributed by atoms with E-state index in [0.717, 1.165) is 57.8 Å². The van der Waals surface area contributed by atoms with Gasteiger partial charge in [-0.3, -0.25) is 14.4 Å². The summed E-state index contributed by atoms with van der Waals surface area (Å²) in [6.45, 7) is 6.70. The van der Waals surface area contributed by atoms with Crippen molar-refractivity contribution >= 4 is 17.9 Å². The van der Waals surface area contributed by atoms with Crippen molar-refractivity contribution in [3.63, 3.8) is 0 Å². The summed E-state index contributed by atoms with van der Waals surface area (Å²) in [5.74, 6) is -0.833. The molecule has 0 heterocycles. The third-order valence-corrected chi connectivity index (χ3v) is 13.1. The average molecular weight is 892 g/mol. The van der Waals surface area contributed by atoms with E-state index in [1.807, 2.05) is 0 Å². The van der Waals surface area contributed by atoms with Gasteiger partial charge in [0.1, 0.15) is 13.2 Å². The highest BCUT2D eigenvalue weighted by atomic mass is 16.6. The molecular weight excluding hydrogens is 781 g/mol. The molecule has 63 heavy (non-hydrogen) atoms. The Bertz CT molecular complexity index is 936. The average Bonchev–Trinajstić information content (AvgIpc) is 3.28. The number of carbonyl (C=O) groups is 3. The van der Waals surface area contributed by atoms with E-state index < -0.39 is 6.10 Å². The lowest BCUT2D eigenvalue weighted by Gasteiger charge is -2.18. The standard InChI is InChI=1S/C57H110O6/c1-4-7-10-13-16-19-22-25-27-29-32-35-38-41-44-47-50-56(59)62-53-54(52-61-55(58)49-46-43-40-37-34-31-24-21-18-15-12-9-6-3)63-57(60)51-48-45-42-39-36-33-30-28-26-23-20-17-14-11-8-5-2/h54H,4-53H2,1-3H3/t54-/m0/s1. The van der Waals surface area contributed by atoms with Crippen LogP contribution >= 0.6 is 0 Å². The Kier molecular flexibility index (Phi) is 51.7. The van der Waals surface area contributed by atoms with E-state index in [0.29, 0.717) is 19.3 Å². The van der Waals surface area contributed by atoms with Crippen LogP contribution in [0, 0.1) is 0 Å². The Morgan fingerprint density at radius 1 is 0.254 bits per heavy atom. The highest BCUT2D eigenvalue weighted by Gasteiger charge is 2.19. The van der Waals surface area contributed by atoms with Crippen molar-refractivity contribution in [3.8, 4) is 0 Å². The number of hydrogen-bond acceptors (Lipinski definition) is 6. The van der Waals surface area contributed by atoms with E-state index in [9.17, 15) is 14.4 Å². The minimum absolute atomic E-state index is 0.0611. The second kappa shape index (κ2) is 53.0. The summed E-state index contributed by atoms with van der Waals surface area (Å²) in [5.41, 5.74) is 0. The maximum absolute atomic E-state index is 12.8. The molecule has 0 saturated carbocycles. The Balaban J connectivity index is 4.29. The maximum Gasteiger partial charge on any atom is 0.306 e. The van der Waals surface area contributed by atoms with Crippen molar-refractivity contribution in [3.05, 3.63) is 0 Å². The summed E-state index contributed by atoms with van der Waals surface area (Å²) in [6, 6.07) is 0. The fourth-order valence-electron chi connectivity index (χ4n) is 8.80. The molecule has 0 saturated heterocycles. The molecule has 0 unspecified atom stereocenters. The van der Waals surface area contributed by atoms with Crippen molar-refractivity contribution in [2.75, 3.05) is 13.2 Å². The summed E-state index contributed by atoms with van der Waals surface area (Å²) in [5, 5.41) is 0. The van der Waals surface area contributed by atoms with Gasteiger partial charge >= 0.3 is 17.9 Å². The van der Waals surface area contributed by atoms with Gasteiger partial charge in [0, 0.05) is 19.3 Å². The number of hydrogen-bond donors (Lipinski definition) is 0. The van der Waals surface area contributed by atoms with E-state index in [1.54, 1.807) is 0 Å². The van der Waals surface area contributed by atoms with Crippen molar-refractivity contribution < 1.29 is 28.6 Å². The molecular formula is C57H110O6. The van der Waals surface area contributed by atoms with E-state index in [2.05, 4.69) is 20.8 Å². The fourth-order valence-corrected chi connectivity index (χ4v) is 8.80. The second-order valence-electron chi connectivity index (χ2n) is 19.6. The molecule has 0 aliphatic carbocycles. The zero-order chi connectivity index (χ0) is 45.8. The highest BCUT2D eigenvalue weighted by molar-refractivity contribution is 5.71. The SMILES string of the molecule is CCCCCCCCCCCCCCCCCCC(=O)OC[C@H](COC(=O)CCCCCCCCCCCCCCC)OC(=O)CCCCCCCCCCCCCCCCCC. The van der Waals surface area contributed by atoms with E-state index in [-0.39, 0.29) is 31.1 Å². The number of rotatable bonds is 53. The molecule has 0 aromatic carbocycles. The minimum Gasteiger partial charge on any atom is -0.462 e. The predicted octanol–water partition coefficient (Wildman–Crippen LogP) is 18.8. The Morgan fingerprint density at radius 2 is 0.429 bits per heavy atom. The quantitative estimate of drug-likeness (QED) is 0.0344. The monoisotopic (exact) mass is 891 g/mol. The van der Waals surface area contributed by atoms with Gasteiger partial charge < -0.3 is 14.2 Å². The van der Waals surface area contributed by atoms with E-state index in [4.69, 9.17) is 14.2 Å². The molecule has 0 radical (unpaired) electrons. The summed E-state index contributed by atoms with van der Waals surface area (Å²) in [7, 11) is 0. The Hall–Kier alpha value is -1.59. The van der Waals surface area contributed by atoms with Crippen LogP contribution in [-0.2, 0) is 28.6 Å². The normalized spacial score (nSPS) is 11.9. The topological polar surface area (TPSA) is 78.9 Å². The van der Waals surface area contributed by atoms with Crippen LogP contribution in [0.25, 0.3) is 0 Å². The van der Waals surface area contributed by atoms with Crippen molar-refractivity contribution in [2.45, 2.75) is 335 Å². The van der Waals surface area contributed by atoms with Crippen LogP contribution < -0.4 is 0 Å². The molecule has 0 amide bonds. The van der Waals surface area contributed by atoms with Crippen LogP contribution in [0.4, 0.5) is 0 Å². The lowest BCUT2D eigenvalue weighted by atomic mass is 10.0. The highest BCUT2D eigenvalue weighted by Crippen LogP contribution is 2.17. The van der Waals surface area contributed by atoms with E-state index >= 15 is 0 Å². The molecule has 0 N–H and O–H groups in total. The molecule has 0 spiro atoms. The first-order chi connectivity index (χ1) is 31.0. The molecule has 0 bridgehead atoms. The van der Waals surface area contributed by atoms with Gasteiger partial charge in [0.15, 0.2) is 6.10 Å². The van der Waals surface area contributed by atoms with Crippen LogP contribution in [-0.4, -0.2) is 37.2 Å². The minimum atomic E-state index is -0.760. The molecule has 1 atom stereocenters. The predicted molar refractivity (Wildman–Crippen MR) is 270 cm³/mol.